The van der Waals surface area contributed by atoms with E-state index in [9.17, 15) is 14.9 Å². The van der Waals surface area contributed by atoms with Crippen LogP contribution in [-0.2, 0) is 6.61 Å². The predicted octanol–water partition coefficient (Wildman–Crippen LogP) is 4.71. The minimum Gasteiger partial charge on any atom is -0.479 e. The Kier molecular flexibility index (Phi) is 5.63. The van der Waals surface area contributed by atoms with Gasteiger partial charge in [0, 0.05) is 29.0 Å². The Balaban J connectivity index is 1.64. The Labute approximate surface area is 159 Å². The number of carbonyl (C=O) groups excluding carboxylic acids is 1. The molecular weight excluding hydrogens is 372 g/mol. The number of nitro groups is 1. The molecule has 3 rings (SSSR count). The molecule has 0 aliphatic carbocycles. The van der Waals surface area contributed by atoms with Crippen molar-refractivity contribution in [2.45, 2.75) is 6.61 Å². The molecule has 0 amide bonds. The monoisotopic (exact) mass is 384 g/mol. The van der Waals surface area contributed by atoms with Crippen LogP contribution in [0, 0.1) is 10.1 Å². The van der Waals surface area contributed by atoms with Crippen LogP contribution in [0.25, 0.3) is 6.08 Å². The van der Waals surface area contributed by atoms with Gasteiger partial charge in [0.05, 0.1) is 4.92 Å². The van der Waals surface area contributed by atoms with Crippen molar-refractivity contribution in [3.63, 3.8) is 0 Å². The van der Waals surface area contributed by atoms with Gasteiger partial charge in [-0.1, -0.05) is 11.6 Å². The van der Waals surface area contributed by atoms with E-state index in [-0.39, 0.29) is 28.8 Å². The summed E-state index contributed by atoms with van der Waals surface area (Å²) in [7, 11) is 0. The van der Waals surface area contributed by atoms with Crippen LogP contribution in [0.3, 0.4) is 0 Å². The van der Waals surface area contributed by atoms with Gasteiger partial charge >= 0.3 is 5.69 Å². The number of benzene rings is 1. The van der Waals surface area contributed by atoms with Gasteiger partial charge in [-0.25, -0.2) is 0 Å². The first-order valence-electron chi connectivity index (χ1n) is 7.81. The van der Waals surface area contributed by atoms with Crippen LogP contribution in [0.5, 0.6) is 5.75 Å². The van der Waals surface area contributed by atoms with E-state index in [1.165, 1.54) is 36.5 Å². The van der Waals surface area contributed by atoms with E-state index in [4.69, 9.17) is 20.8 Å². The molecule has 0 radical (unpaired) electrons. The Morgan fingerprint density at radius 1 is 1.30 bits per heavy atom. The number of allylic oxidation sites excluding steroid dienone is 1. The molecule has 0 fully saturated rings. The van der Waals surface area contributed by atoms with Crippen molar-refractivity contribution in [2.75, 3.05) is 0 Å². The summed E-state index contributed by atoms with van der Waals surface area (Å²) in [5.74, 6) is 0.794. The van der Waals surface area contributed by atoms with Gasteiger partial charge in [0.15, 0.2) is 11.5 Å². The van der Waals surface area contributed by atoms with Gasteiger partial charge in [0.1, 0.15) is 18.1 Å². The quantitative estimate of drug-likeness (QED) is 0.253. The highest BCUT2D eigenvalue weighted by molar-refractivity contribution is 6.30. The molecule has 0 saturated carbocycles. The third-order valence-electron chi connectivity index (χ3n) is 3.52. The van der Waals surface area contributed by atoms with Crippen molar-refractivity contribution in [2.24, 2.45) is 0 Å². The van der Waals surface area contributed by atoms with Crippen LogP contribution in [0.1, 0.15) is 21.9 Å². The molecule has 2 aromatic heterocycles. The number of furan rings is 1. The average Bonchev–Trinajstić information content (AvgIpc) is 3.13. The smallest absolute Gasteiger partial charge is 0.312 e. The van der Waals surface area contributed by atoms with Gasteiger partial charge in [0.2, 0.25) is 0 Å². The van der Waals surface area contributed by atoms with E-state index < -0.39 is 4.92 Å². The van der Waals surface area contributed by atoms with Crippen LogP contribution in [0.2, 0.25) is 5.02 Å². The highest BCUT2D eigenvalue weighted by atomic mass is 35.5. The molecule has 7 nitrogen and oxygen atoms in total. The summed E-state index contributed by atoms with van der Waals surface area (Å²) in [6.07, 6.45) is 5.98. The summed E-state index contributed by atoms with van der Waals surface area (Å²) < 4.78 is 11.0. The minimum absolute atomic E-state index is 0.00708. The third-order valence-corrected chi connectivity index (χ3v) is 3.75. The zero-order valence-electron chi connectivity index (χ0n) is 13.9. The van der Waals surface area contributed by atoms with Crippen molar-refractivity contribution in [1.82, 2.24) is 4.98 Å². The molecule has 0 aliphatic heterocycles. The van der Waals surface area contributed by atoms with Crippen molar-refractivity contribution < 1.29 is 18.9 Å². The summed E-state index contributed by atoms with van der Waals surface area (Å²) in [5.41, 5.74) is 0.246. The lowest BCUT2D eigenvalue weighted by molar-refractivity contribution is -0.385. The lowest BCUT2D eigenvalue weighted by atomic mass is 10.2. The van der Waals surface area contributed by atoms with Crippen molar-refractivity contribution in [3.05, 3.63) is 93.2 Å². The van der Waals surface area contributed by atoms with Crippen molar-refractivity contribution in [3.8, 4) is 5.75 Å². The number of carbonyl (C=O) groups is 1. The Morgan fingerprint density at radius 3 is 2.89 bits per heavy atom. The molecule has 0 aliphatic rings. The van der Waals surface area contributed by atoms with E-state index >= 15 is 0 Å². The first kappa shape index (κ1) is 18.3. The molecular formula is C19H13ClN2O5. The second kappa shape index (κ2) is 8.29. The Bertz CT molecular complexity index is 998. The number of hydrogen-bond donors (Lipinski definition) is 0. The molecule has 27 heavy (non-hydrogen) atoms. The first-order valence-corrected chi connectivity index (χ1v) is 8.18. The van der Waals surface area contributed by atoms with Crippen molar-refractivity contribution >= 4 is 29.1 Å². The molecule has 0 atom stereocenters. The van der Waals surface area contributed by atoms with Gasteiger partial charge in [-0.15, -0.1) is 0 Å². The molecule has 8 heteroatoms. The minimum atomic E-state index is -0.568. The number of rotatable bonds is 7. The number of ketones is 1. The lowest BCUT2D eigenvalue weighted by Crippen LogP contribution is -1.98. The predicted molar refractivity (Wildman–Crippen MR) is 98.7 cm³/mol. The summed E-state index contributed by atoms with van der Waals surface area (Å²) in [6.45, 7) is -0.00708. The van der Waals surface area contributed by atoms with Crippen LogP contribution < -0.4 is 4.74 Å². The first-order chi connectivity index (χ1) is 13.0. The summed E-state index contributed by atoms with van der Waals surface area (Å²) in [5, 5.41) is 11.3. The van der Waals surface area contributed by atoms with Crippen LogP contribution >= 0.6 is 11.6 Å². The fraction of sp³-hybridized carbons (Fsp3) is 0.0526. The van der Waals surface area contributed by atoms with Gasteiger partial charge in [0.25, 0.3) is 0 Å². The highest BCUT2D eigenvalue weighted by Gasteiger charge is 2.16. The summed E-state index contributed by atoms with van der Waals surface area (Å²) in [6, 6.07) is 10.8. The maximum absolute atomic E-state index is 12.0. The van der Waals surface area contributed by atoms with E-state index in [2.05, 4.69) is 4.98 Å². The zero-order valence-corrected chi connectivity index (χ0v) is 14.6. The maximum atomic E-state index is 12.0. The Morgan fingerprint density at radius 2 is 2.15 bits per heavy atom. The SMILES string of the molecule is O=C(/C=C/c1ccc(COc2ccc(Cl)cc2[N+](=O)[O-])o1)c1cccnc1. The zero-order chi connectivity index (χ0) is 19.2. The fourth-order valence-corrected chi connectivity index (χ4v) is 2.39. The molecule has 2 heterocycles. The van der Waals surface area contributed by atoms with Crippen LogP contribution in [0.4, 0.5) is 5.69 Å². The molecule has 136 valence electrons. The van der Waals surface area contributed by atoms with E-state index in [0.717, 1.165) is 0 Å². The number of nitro benzene ring substituents is 1. The fourth-order valence-electron chi connectivity index (χ4n) is 2.23. The van der Waals surface area contributed by atoms with Gasteiger partial charge < -0.3 is 9.15 Å². The maximum Gasteiger partial charge on any atom is 0.312 e. The van der Waals surface area contributed by atoms with Gasteiger partial charge in [-0.2, -0.15) is 0 Å². The van der Waals surface area contributed by atoms with E-state index in [1.807, 2.05) is 0 Å². The van der Waals surface area contributed by atoms with E-state index in [1.54, 1.807) is 30.5 Å². The highest BCUT2D eigenvalue weighted by Crippen LogP contribution is 2.30. The second-order valence-corrected chi connectivity index (χ2v) is 5.84. The number of halogens is 1. The largest absolute Gasteiger partial charge is 0.479 e. The van der Waals surface area contributed by atoms with Crippen LogP contribution in [-0.4, -0.2) is 15.7 Å². The average molecular weight is 385 g/mol. The Hall–Kier alpha value is -3.45. The normalized spacial score (nSPS) is 10.9. The lowest BCUT2D eigenvalue weighted by Gasteiger charge is -2.05. The topological polar surface area (TPSA) is 95.5 Å². The molecule has 0 bridgehead atoms. The molecule has 0 spiro atoms. The molecule has 0 N–H and O–H groups in total. The number of ether oxygens (including phenoxy) is 1. The molecule has 0 saturated heterocycles. The summed E-state index contributed by atoms with van der Waals surface area (Å²) in [4.78, 5) is 26.4. The molecule has 3 aromatic rings. The second-order valence-electron chi connectivity index (χ2n) is 5.40. The number of hydrogen-bond acceptors (Lipinski definition) is 6. The number of pyridine rings is 1. The number of aromatic nitrogens is 1. The number of nitrogens with zero attached hydrogens (tertiary/aromatic N) is 2. The third kappa shape index (κ3) is 4.80. The van der Waals surface area contributed by atoms with Crippen molar-refractivity contribution in [1.29, 1.82) is 0 Å². The molecule has 0 unspecified atom stereocenters. The van der Waals surface area contributed by atoms with E-state index in [0.29, 0.717) is 17.1 Å². The van der Waals surface area contributed by atoms with Crippen LogP contribution in [0.15, 0.2) is 65.4 Å². The van der Waals surface area contributed by atoms with Gasteiger partial charge in [-0.3, -0.25) is 19.9 Å². The standard InChI is InChI=1S/C19H13ClN2O5/c20-14-3-8-19(17(10-14)22(24)25)26-12-16-5-4-15(27-16)6-7-18(23)13-2-1-9-21-11-13/h1-11H,12H2/b7-6+. The van der Waals surface area contributed by atoms with Gasteiger partial charge in [-0.05, 0) is 48.6 Å². The molecule has 1 aromatic carbocycles. The summed E-state index contributed by atoms with van der Waals surface area (Å²) >= 11 is 5.77.